The quantitative estimate of drug-likeness (QED) is 0.806. The molecule has 0 aliphatic heterocycles. The molecule has 4 nitrogen and oxygen atoms in total. The van der Waals surface area contributed by atoms with E-state index < -0.39 is 0 Å². The zero-order valence-corrected chi connectivity index (χ0v) is 9.97. The summed E-state index contributed by atoms with van der Waals surface area (Å²) in [7, 11) is 0. The highest BCUT2D eigenvalue weighted by Crippen LogP contribution is 2.17. The molecule has 18 heavy (non-hydrogen) atoms. The lowest BCUT2D eigenvalue weighted by Gasteiger charge is -2.07. The molecule has 92 valence electrons. The van der Waals surface area contributed by atoms with Crippen LogP contribution in [0.5, 0.6) is 0 Å². The second kappa shape index (κ2) is 5.82. The molecule has 0 aliphatic carbocycles. The number of anilines is 2. The Balaban J connectivity index is 1.88. The van der Waals surface area contributed by atoms with Crippen molar-refractivity contribution in [3.8, 4) is 0 Å². The number of nitrogens with zero attached hydrogens (tertiary/aromatic N) is 1. The molecule has 1 heterocycles. The van der Waals surface area contributed by atoms with Crippen LogP contribution in [0.15, 0.2) is 48.8 Å². The van der Waals surface area contributed by atoms with E-state index in [0.717, 1.165) is 5.56 Å². The number of para-hydroxylation sites is 2. The molecule has 0 saturated heterocycles. The first-order valence-electron chi connectivity index (χ1n) is 5.79. The van der Waals surface area contributed by atoms with Crippen LogP contribution < -0.4 is 11.1 Å². The van der Waals surface area contributed by atoms with Crippen molar-refractivity contribution in [1.29, 1.82) is 0 Å². The van der Waals surface area contributed by atoms with E-state index in [1.807, 2.05) is 24.3 Å². The maximum absolute atomic E-state index is 11.8. The van der Waals surface area contributed by atoms with Gasteiger partial charge < -0.3 is 11.1 Å². The van der Waals surface area contributed by atoms with E-state index in [2.05, 4.69) is 10.3 Å². The lowest BCUT2D eigenvalue weighted by atomic mass is 10.1. The number of pyridine rings is 1. The topological polar surface area (TPSA) is 68.0 Å². The second-order valence-corrected chi connectivity index (χ2v) is 3.99. The monoisotopic (exact) mass is 241 g/mol. The lowest BCUT2D eigenvalue weighted by Crippen LogP contribution is -2.13. The zero-order valence-electron chi connectivity index (χ0n) is 9.97. The SMILES string of the molecule is Nc1ccccc1NC(=O)CCc1ccncc1. The molecule has 4 heteroatoms. The number of nitrogens with one attached hydrogen (secondary N) is 1. The summed E-state index contributed by atoms with van der Waals surface area (Å²) in [6, 6.07) is 11.0. The third-order valence-corrected chi connectivity index (χ3v) is 2.62. The Hall–Kier alpha value is -2.36. The zero-order chi connectivity index (χ0) is 12.8. The highest BCUT2D eigenvalue weighted by Gasteiger charge is 2.04. The number of nitrogen functional groups attached to an aromatic ring is 1. The van der Waals surface area contributed by atoms with Gasteiger partial charge in [-0.2, -0.15) is 0 Å². The van der Waals surface area contributed by atoms with Crippen molar-refractivity contribution >= 4 is 17.3 Å². The van der Waals surface area contributed by atoms with Crippen molar-refractivity contribution < 1.29 is 4.79 Å². The third kappa shape index (κ3) is 3.31. The number of carbonyl (C=O) groups is 1. The van der Waals surface area contributed by atoms with E-state index in [-0.39, 0.29) is 5.91 Å². The van der Waals surface area contributed by atoms with Crippen LogP contribution in [-0.4, -0.2) is 10.9 Å². The van der Waals surface area contributed by atoms with Crippen LogP contribution in [0.1, 0.15) is 12.0 Å². The van der Waals surface area contributed by atoms with E-state index in [0.29, 0.717) is 24.2 Å². The van der Waals surface area contributed by atoms with Crippen molar-refractivity contribution in [2.45, 2.75) is 12.8 Å². The fraction of sp³-hybridized carbons (Fsp3) is 0.143. The van der Waals surface area contributed by atoms with Crippen molar-refractivity contribution in [2.75, 3.05) is 11.1 Å². The number of rotatable bonds is 4. The maximum Gasteiger partial charge on any atom is 0.224 e. The van der Waals surface area contributed by atoms with Gasteiger partial charge in [0.15, 0.2) is 0 Å². The fourth-order valence-electron chi connectivity index (χ4n) is 1.63. The molecule has 3 N–H and O–H groups in total. The number of aryl methyl sites for hydroxylation is 1. The summed E-state index contributed by atoms with van der Waals surface area (Å²) in [6.45, 7) is 0. The number of hydrogen-bond acceptors (Lipinski definition) is 3. The van der Waals surface area contributed by atoms with Gasteiger partial charge in [-0.1, -0.05) is 12.1 Å². The van der Waals surface area contributed by atoms with E-state index in [1.165, 1.54) is 0 Å². The Morgan fingerprint density at radius 2 is 1.89 bits per heavy atom. The molecule has 0 unspecified atom stereocenters. The highest BCUT2D eigenvalue weighted by molar-refractivity contribution is 5.93. The number of benzene rings is 1. The predicted molar refractivity (Wildman–Crippen MR) is 72.0 cm³/mol. The van der Waals surface area contributed by atoms with Crippen LogP contribution >= 0.6 is 0 Å². The first kappa shape index (κ1) is 12.1. The molecule has 0 fully saturated rings. The summed E-state index contributed by atoms with van der Waals surface area (Å²) in [5.41, 5.74) is 8.09. The Morgan fingerprint density at radius 1 is 1.17 bits per heavy atom. The van der Waals surface area contributed by atoms with E-state index >= 15 is 0 Å². The summed E-state index contributed by atoms with van der Waals surface area (Å²) >= 11 is 0. The molecule has 1 aromatic heterocycles. The van der Waals surface area contributed by atoms with Crippen LogP contribution in [0.25, 0.3) is 0 Å². The minimum atomic E-state index is -0.0373. The number of hydrogen-bond donors (Lipinski definition) is 2. The van der Waals surface area contributed by atoms with Gasteiger partial charge in [-0.3, -0.25) is 9.78 Å². The van der Waals surface area contributed by atoms with Crippen LogP contribution in [0.3, 0.4) is 0 Å². The number of aromatic nitrogens is 1. The smallest absolute Gasteiger partial charge is 0.224 e. The van der Waals surface area contributed by atoms with E-state index in [1.54, 1.807) is 24.5 Å². The predicted octanol–water partition coefficient (Wildman–Crippen LogP) is 2.24. The third-order valence-electron chi connectivity index (χ3n) is 2.62. The van der Waals surface area contributed by atoms with Crippen LogP contribution in [0, 0.1) is 0 Å². The Bertz CT molecular complexity index is 526. The number of nitrogens with two attached hydrogens (primary N) is 1. The van der Waals surface area contributed by atoms with Gasteiger partial charge in [0.2, 0.25) is 5.91 Å². The summed E-state index contributed by atoms with van der Waals surface area (Å²) in [5.74, 6) is -0.0373. The van der Waals surface area contributed by atoms with Gasteiger partial charge >= 0.3 is 0 Å². The van der Waals surface area contributed by atoms with Crippen molar-refractivity contribution in [3.05, 3.63) is 54.4 Å². The number of carbonyl (C=O) groups excluding carboxylic acids is 1. The summed E-state index contributed by atoms with van der Waals surface area (Å²) in [5, 5.41) is 2.80. The maximum atomic E-state index is 11.8. The summed E-state index contributed by atoms with van der Waals surface area (Å²) < 4.78 is 0. The van der Waals surface area contributed by atoms with Gasteiger partial charge in [0.25, 0.3) is 0 Å². The largest absolute Gasteiger partial charge is 0.397 e. The minimum absolute atomic E-state index is 0.0373. The first-order chi connectivity index (χ1) is 8.75. The van der Waals surface area contributed by atoms with Gasteiger partial charge in [0.1, 0.15) is 0 Å². The molecule has 0 atom stereocenters. The first-order valence-corrected chi connectivity index (χ1v) is 5.79. The van der Waals surface area contributed by atoms with Crippen molar-refractivity contribution in [3.63, 3.8) is 0 Å². The molecule has 2 aromatic rings. The Morgan fingerprint density at radius 3 is 2.61 bits per heavy atom. The van der Waals surface area contributed by atoms with Gasteiger partial charge in [-0.05, 0) is 36.2 Å². The van der Waals surface area contributed by atoms with Crippen LogP contribution in [-0.2, 0) is 11.2 Å². The van der Waals surface area contributed by atoms with Crippen LogP contribution in [0.2, 0.25) is 0 Å². The normalized spacial score (nSPS) is 10.0. The second-order valence-electron chi connectivity index (χ2n) is 3.99. The van der Waals surface area contributed by atoms with E-state index in [4.69, 9.17) is 5.73 Å². The Kier molecular flexibility index (Phi) is 3.91. The van der Waals surface area contributed by atoms with Gasteiger partial charge in [-0.25, -0.2) is 0 Å². The standard InChI is InChI=1S/C14H15N3O/c15-12-3-1-2-4-13(12)17-14(18)6-5-11-7-9-16-10-8-11/h1-4,7-10H,5-6,15H2,(H,17,18). The molecule has 0 saturated carbocycles. The summed E-state index contributed by atoms with van der Waals surface area (Å²) in [4.78, 5) is 15.7. The van der Waals surface area contributed by atoms with Gasteiger partial charge in [0, 0.05) is 18.8 Å². The van der Waals surface area contributed by atoms with Crippen LogP contribution in [0.4, 0.5) is 11.4 Å². The molecule has 2 rings (SSSR count). The molecule has 1 aromatic carbocycles. The molecular formula is C14H15N3O. The lowest BCUT2D eigenvalue weighted by molar-refractivity contribution is -0.116. The average molecular weight is 241 g/mol. The Labute approximate surface area is 106 Å². The average Bonchev–Trinajstić information content (AvgIpc) is 2.40. The molecule has 0 radical (unpaired) electrons. The fourth-order valence-corrected chi connectivity index (χ4v) is 1.63. The van der Waals surface area contributed by atoms with Gasteiger partial charge in [-0.15, -0.1) is 0 Å². The number of amides is 1. The molecule has 0 aliphatic rings. The van der Waals surface area contributed by atoms with Crippen molar-refractivity contribution in [2.24, 2.45) is 0 Å². The molecular weight excluding hydrogens is 226 g/mol. The molecule has 1 amide bonds. The molecule has 0 spiro atoms. The summed E-state index contributed by atoms with van der Waals surface area (Å²) in [6.07, 6.45) is 4.57. The van der Waals surface area contributed by atoms with E-state index in [9.17, 15) is 4.79 Å². The molecule has 0 bridgehead atoms. The van der Waals surface area contributed by atoms with Gasteiger partial charge in [0.05, 0.1) is 11.4 Å². The minimum Gasteiger partial charge on any atom is -0.397 e. The van der Waals surface area contributed by atoms with Crippen molar-refractivity contribution in [1.82, 2.24) is 4.98 Å². The highest BCUT2D eigenvalue weighted by atomic mass is 16.1.